The molecule has 0 saturated carbocycles. The highest BCUT2D eigenvalue weighted by atomic mass is 32.2. The van der Waals surface area contributed by atoms with E-state index in [0.717, 1.165) is 11.1 Å². The summed E-state index contributed by atoms with van der Waals surface area (Å²) in [6.07, 6.45) is 1.03. The lowest BCUT2D eigenvalue weighted by atomic mass is 9.96. The van der Waals surface area contributed by atoms with E-state index in [0.29, 0.717) is 38.2 Å². The van der Waals surface area contributed by atoms with Gasteiger partial charge >= 0.3 is 0 Å². The van der Waals surface area contributed by atoms with Crippen molar-refractivity contribution in [2.45, 2.75) is 44.0 Å². The first-order valence-electron chi connectivity index (χ1n) is 10.7. The lowest BCUT2D eigenvalue weighted by Gasteiger charge is -2.33. The highest BCUT2D eigenvalue weighted by Crippen LogP contribution is 2.32. The molecule has 31 heavy (non-hydrogen) atoms. The van der Waals surface area contributed by atoms with Crippen LogP contribution in [0.1, 0.15) is 43.7 Å². The zero-order chi connectivity index (χ0) is 22.6. The lowest BCUT2D eigenvalue weighted by Crippen LogP contribution is -2.43. The van der Waals surface area contributed by atoms with Crippen LogP contribution in [0.15, 0.2) is 53.4 Å². The third-order valence-corrected chi connectivity index (χ3v) is 7.83. The second-order valence-electron chi connectivity index (χ2n) is 8.42. The SMILES string of the molecule is COc1ccc(C(C)C)cc1S(=O)(=O)N1CCC(C(=O)N(C)Cc2ccccc2)CC1. The van der Waals surface area contributed by atoms with Crippen molar-refractivity contribution in [3.05, 3.63) is 59.7 Å². The van der Waals surface area contributed by atoms with Crippen LogP contribution >= 0.6 is 0 Å². The Bertz CT molecular complexity index is 997. The minimum atomic E-state index is -3.70. The van der Waals surface area contributed by atoms with E-state index in [1.54, 1.807) is 24.1 Å². The number of carbonyl (C=O) groups is 1. The standard InChI is InChI=1S/C24H32N2O4S/c1-18(2)21-10-11-22(30-4)23(16-21)31(28,29)26-14-12-20(13-15-26)24(27)25(3)17-19-8-6-5-7-9-19/h5-11,16,18,20H,12-15,17H2,1-4H3. The van der Waals surface area contributed by atoms with E-state index >= 15 is 0 Å². The van der Waals surface area contributed by atoms with Crippen molar-refractivity contribution in [3.63, 3.8) is 0 Å². The molecule has 6 nitrogen and oxygen atoms in total. The Kier molecular flexibility index (Phi) is 7.38. The van der Waals surface area contributed by atoms with Crippen LogP contribution in [0.4, 0.5) is 0 Å². The molecular formula is C24H32N2O4S. The fourth-order valence-electron chi connectivity index (χ4n) is 3.98. The normalized spacial score (nSPS) is 15.8. The number of ether oxygens (including phenoxy) is 1. The summed E-state index contributed by atoms with van der Waals surface area (Å²) in [7, 11) is -0.406. The molecule has 0 unspecified atom stereocenters. The molecule has 2 aromatic carbocycles. The first-order chi connectivity index (χ1) is 14.7. The van der Waals surface area contributed by atoms with Crippen LogP contribution in [0, 0.1) is 5.92 Å². The molecule has 0 bridgehead atoms. The van der Waals surface area contributed by atoms with Crippen molar-refractivity contribution in [1.82, 2.24) is 9.21 Å². The van der Waals surface area contributed by atoms with Gasteiger partial charge in [0.25, 0.3) is 0 Å². The van der Waals surface area contributed by atoms with Gasteiger partial charge in [-0.2, -0.15) is 4.31 Å². The predicted molar refractivity (Wildman–Crippen MR) is 121 cm³/mol. The molecule has 1 aliphatic rings. The summed E-state index contributed by atoms with van der Waals surface area (Å²) in [6.45, 7) is 5.26. The maximum atomic E-state index is 13.3. The van der Waals surface area contributed by atoms with E-state index in [2.05, 4.69) is 0 Å². The number of methoxy groups -OCH3 is 1. The highest BCUT2D eigenvalue weighted by molar-refractivity contribution is 7.89. The number of piperidine rings is 1. The van der Waals surface area contributed by atoms with Crippen molar-refractivity contribution in [1.29, 1.82) is 0 Å². The van der Waals surface area contributed by atoms with E-state index < -0.39 is 10.0 Å². The Morgan fingerprint density at radius 1 is 1.13 bits per heavy atom. The monoisotopic (exact) mass is 444 g/mol. The second-order valence-corrected chi connectivity index (χ2v) is 10.3. The van der Waals surface area contributed by atoms with Gasteiger partial charge in [-0.1, -0.05) is 50.2 Å². The van der Waals surface area contributed by atoms with Crippen LogP contribution in [0.5, 0.6) is 5.75 Å². The van der Waals surface area contributed by atoms with Gasteiger partial charge in [0.1, 0.15) is 10.6 Å². The fraction of sp³-hybridized carbons (Fsp3) is 0.458. The maximum Gasteiger partial charge on any atom is 0.246 e. The van der Waals surface area contributed by atoms with Crippen molar-refractivity contribution in [3.8, 4) is 5.75 Å². The molecule has 2 aromatic rings. The second kappa shape index (κ2) is 9.83. The Balaban J connectivity index is 1.68. The van der Waals surface area contributed by atoms with Crippen molar-refractivity contribution < 1.29 is 17.9 Å². The van der Waals surface area contributed by atoms with Gasteiger partial charge in [0.05, 0.1) is 7.11 Å². The molecule has 168 valence electrons. The quantitative estimate of drug-likeness (QED) is 0.650. The van der Waals surface area contributed by atoms with Crippen LogP contribution in [-0.4, -0.2) is 50.8 Å². The molecule has 1 amide bonds. The topological polar surface area (TPSA) is 66.9 Å². The predicted octanol–water partition coefficient (Wildman–Crippen LogP) is 3.88. The van der Waals surface area contributed by atoms with Gasteiger partial charge < -0.3 is 9.64 Å². The van der Waals surface area contributed by atoms with Gasteiger partial charge in [0, 0.05) is 32.6 Å². The van der Waals surface area contributed by atoms with Crippen LogP contribution in [-0.2, 0) is 21.4 Å². The number of benzene rings is 2. The number of nitrogens with zero attached hydrogens (tertiary/aromatic N) is 2. The average molecular weight is 445 g/mol. The molecule has 0 aliphatic carbocycles. The zero-order valence-corrected chi connectivity index (χ0v) is 19.6. The first kappa shape index (κ1) is 23.3. The van der Waals surface area contributed by atoms with Crippen LogP contribution < -0.4 is 4.74 Å². The van der Waals surface area contributed by atoms with Gasteiger partial charge in [-0.05, 0) is 42.0 Å². The largest absolute Gasteiger partial charge is 0.495 e. The summed E-state index contributed by atoms with van der Waals surface area (Å²) in [5.74, 6) is 0.470. The smallest absolute Gasteiger partial charge is 0.246 e. The van der Waals surface area contributed by atoms with Crippen LogP contribution in [0.25, 0.3) is 0 Å². The van der Waals surface area contributed by atoms with Crippen molar-refractivity contribution in [2.24, 2.45) is 5.92 Å². The maximum absolute atomic E-state index is 13.3. The minimum Gasteiger partial charge on any atom is -0.495 e. The zero-order valence-electron chi connectivity index (χ0n) is 18.7. The van der Waals surface area contributed by atoms with Crippen LogP contribution in [0.2, 0.25) is 0 Å². The number of carbonyl (C=O) groups excluding carboxylic acids is 1. The van der Waals surface area contributed by atoms with E-state index in [1.165, 1.54) is 11.4 Å². The number of amides is 1. The van der Waals surface area contributed by atoms with Gasteiger partial charge in [-0.25, -0.2) is 8.42 Å². The molecule has 0 aromatic heterocycles. The summed E-state index contributed by atoms with van der Waals surface area (Å²) in [5.41, 5.74) is 2.03. The Hall–Kier alpha value is -2.38. The Morgan fingerprint density at radius 3 is 2.35 bits per heavy atom. The molecule has 0 spiro atoms. The van der Waals surface area contributed by atoms with Crippen molar-refractivity contribution >= 4 is 15.9 Å². The molecule has 7 heteroatoms. The third kappa shape index (κ3) is 5.28. The van der Waals surface area contributed by atoms with Crippen molar-refractivity contribution in [2.75, 3.05) is 27.2 Å². The van der Waals surface area contributed by atoms with E-state index in [1.807, 2.05) is 50.2 Å². The minimum absolute atomic E-state index is 0.0697. The molecule has 0 N–H and O–H groups in total. The molecule has 0 radical (unpaired) electrons. The number of hydrogen-bond acceptors (Lipinski definition) is 4. The Morgan fingerprint density at radius 2 is 1.77 bits per heavy atom. The third-order valence-electron chi connectivity index (χ3n) is 5.91. The lowest BCUT2D eigenvalue weighted by molar-refractivity contribution is -0.135. The van der Waals surface area contributed by atoms with E-state index in [9.17, 15) is 13.2 Å². The van der Waals surface area contributed by atoms with Gasteiger partial charge in [0.2, 0.25) is 15.9 Å². The average Bonchev–Trinajstić information content (AvgIpc) is 2.78. The van der Waals surface area contributed by atoms with E-state index in [-0.39, 0.29) is 22.6 Å². The molecule has 1 saturated heterocycles. The molecular weight excluding hydrogens is 412 g/mol. The number of sulfonamides is 1. The number of rotatable bonds is 7. The summed E-state index contributed by atoms with van der Waals surface area (Å²) in [5, 5.41) is 0. The number of hydrogen-bond donors (Lipinski definition) is 0. The highest BCUT2D eigenvalue weighted by Gasteiger charge is 2.34. The van der Waals surface area contributed by atoms with Gasteiger partial charge in [-0.15, -0.1) is 0 Å². The molecule has 1 aliphatic heterocycles. The molecule has 1 heterocycles. The van der Waals surface area contributed by atoms with Crippen LogP contribution in [0.3, 0.4) is 0 Å². The summed E-state index contributed by atoms with van der Waals surface area (Å²) < 4.78 is 33.5. The van der Waals surface area contributed by atoms with E-state index in [4.69, 9.17) is 4.74 Å². The molecule has 1 fully saturated rings. The molecule has 0 atom stereocenters. The first-order valence-corrected chi connectivity index (χ1v) is 12.1. The van der Waals surface area contributed by atoms with Gasteiger partial charge in [-0.3, -0.25) is 4.79 Å². The fourth-order valence-corrected chi connectivity index (χ4v) is 5.64. The summed E-state index contributed by atoms with van der Waals surface area (Å²) in [4.78, 5) is 14.8. The molecule has 3 rings (SSSR count). The summed E-state index contributed by atoms with van der Waals surface area (Å²) in [6, 6.07) is 15.2. The Labute approximate surface area is 185 Å². The van der Waals surface area contributed by atoms with Gasteiger partial charge in [0.15, 0.2) is 0 Å². The summed E-state index contributed by atoms with van der Waals surface area (Å²) >= 11 is 0.